The minimum Gasteiger partial charge on any atom is -0.481 e. The molecule has 0 bridgehead atoms. The molecule has 5 nitrogen and oxygen atoms in total. The lowest BCUT2D eigenvalue weighted by Gasteiger charge is -2.04. The molecule has 2 rings (SSSR count). The van der Waals surface area contributed by atoms with Crippen LogP contribution in [0.2, 0.25) is 0 Å². The van der Waals surface area contributed by atoms with Gasteiger partial charge >= 0.3 is 5.97 Å². The van der Waals surface area contributed by atoms with Crippen molar-refractivity contribution in [2.75, 3.05) is 0 Å². The summed E-state index contributed by atoms with van der Waals surface area (Å²) in [4.78, 5) is 10.6. The zero-order valence-electron chi connectivity index (χ0n) is 9.39. The van der Waals surface area contributed by atoms with E-state index in [4.69, 9.17) is 5.11 Å². The summed E-state index contributed by atoms with van der Waals surface area (Å²) in [7, 11) is 0. The highest BCUT2D eigenvalue weighted by Crippen LogP contribution is 2.17. The number of aliphatic carboxylic acids is 1. The van der Waals surface area contributed by atoms with Gasteiger partial charge in [0.1, 0.15) is 11.5 Å². The average molecular weight is 253 g/mol. The molecular weight excluding hydrogens is 244 g/mol. The Bertz CT molecular complexity index is 610. The lowest BCUT2D eigenvalue weighted by molar-refractivity contribution is -0.136. The van der Waals surface area contributed by atoms with E-state index >= 15 is 0 Å². The Balaban J connectivity index is 2.45. The van der Waals surface area contributed by atoms with E-state index in [0.29, 0.717) is 5.69 Å². The van der Waals surface area contributed by atoms with Gasteiger partial charge in [-0.25, -0.2) is 13.5 Å². The summed E-state index contributed by atoms with van der Waals surface area (Å²) in [6.07, 6.45) is -0.297. The van der Waals surface area contributed by atoms with Gasteiger partial charge in [-0.1, -0.05) is 5.21 Å². The van der Waals surface area contributed by atoms with Gasteiger partial charge in [-0.3, -0.25) is 4.79 Å². The monoisotopic (exact) mass is 253 g/mol. The summed E-state index contributed by atoms with van der Waals surface area (Å²) >= 11 is 0. The van der Waals surface area contributed by atoms with Crippen LogP contribution in [0.25, 0.3) is 5.69 Å². The van der Waals surface area contributed by atoms with Crippen molar-refractivity contribution in [1.29, 1.82) is 0 Å². The molecule has 0 unspecified atom stereocenters. The van der Waals surface area contributed by atoms with Crippen LogP contribution in [0, 0.1) is 18.6 Å². The van der Waals surface area contributed by atoms with E-state index in [-0.39, 0.29) is 17.8 Å². The number of carboxylic acid groups (broad SMARTS) is 1. The number of aromatic nitrogens is 3. The van der Waals surface area contributed by atoms with Gasteiger partial charge < -0.3 is 5.11 Å². The van der Waals surface area contributed by atoms with Crippen LogP contribution in [0.15, 0.2) is 18.2 Å². The quantitative estimate of drug-likeness (QED) is 0.899. The second-order valence-corrected chi connectivity index (χ2v) is 3.70. The van der Waals surface area contributed by atoms with E-state index in [2.05, 4.69) is 10.3 Å². The van der Waals surface area contributed by atoms with Gasteiger partial charge in [0.15, 0.2) is 5.82 Å². The highest BCUT2D eigenvalue weighted by atomic mass is 19.1. The molecule has 0 aliphatic carbocycles. The summed E-state index contributed by atoms with van der Waals surface area (Å²) in [6, 6.07) is 3.04. The van der Waals surface area contributed by atoms with E-state index in [0.717, 1.165) is 16.8 Å². The predicted molar refractivity (Wildman–Crippen MR) is 57.4 cm³/mol. The number of benzene rings is 1. The van der Waals surface area contributed by atoms with E-state index in [1.807, 2.05) is 0 Å². The predicted octanol–water partition coefficient (Wildman–Crippen LogP) is 1.48. The van der Waals surface area contributed by atoms with Crippen LogP contribution in [0.3, 0.4) is 0 Å². The molecule has 2 aromatic rings. The first-order valence-corrected chi connectivity index (χ1v) is 5.07. The van der Waals surface area contributed by atoms with Crippen molar-refractivity contribution < 1.29 is 18.7 Å². The van der Waals surface area contributed by atoms with Crippen LogP contribution in [0.5, 0.6) is 0 Å². The topological polar surface area (TPSA) is 68.0 Å². The molecular formula is C11H9F2N3O2. The van der Waals surface area contributed by atoms with Crippen LogP contribution in [0.1, 0.15) is 11.4 Å². The molecule has 0 atom stereocenters. The fourth-order valence-electron chi connectivity index (χ4n) is 1.55. The first-order chi connectivity index (χ1) is 8.49. The molecule has 0 radical (unpaired) electrons. The fraction of sp³-hybridized carbons (Fsp3) is 0.182. The van der Waals surface area contributed by atoms with Crippen LogP contribution >= 0.6 is 0 Å². The molecule has 0 saturated heterocycles. The number of nitrogens with zero attached hydrogens (tertiary/aromatic N) is 3. The van der Waals surface area contributed by atoms with Crippen molar-refractivity contribution in [3.05, 3.63) is 41.2 Å². The van der Waals surface area contributed by atoms with Crippen molar-refractivity contribution in [2.24, 2.45) is 0 Å². The number of halogens is 2. The van der Waals surface area contributed by atoms with Gasteiger partial charge in [-0.15, -0.1) is 5.10 Å². The van der Waals surface area contributed by atoms with Crippen molar-refractivity contribution in [3.63, 3.8) is 0 Å². The number of hydrogen-bond acceptors (Lipinski definition) is 3. The maximum atomic E-state index is 13.5. The van der Waals surface area contributed by atoms with Gasteiger partial charge in [-0.2, -0.15) is 0 Å². The summed E-state index contributed by atoms with van der Waals surface area (Å²) < 4.78 is 27.5. The van der Waals surface area contributed by atoms with Crippen LogP contribution in [-0.4, -0.2) is 26.1 Å². The third-order valence-electron chi connectivity index (χ3n) is 2.45. The van der Waals surface area contributed by atoms with Crippen molar-refractivity contribution in [3.8, 4) is 5.69 Å². The molecule has 0 saturated carbocycles. The Hall–Kier alpha value is -2.31. The zero-order valence-corrected chi connectivity index (χ0v) is 9.39. The number of hydrogen-bond donors (Lipinski definition) is 1. The Kier molecular flexibility index (Phi) is 3.05. The summed E-state index contributed by atoms with van der Waals surface area (Å²) in [5, 5.41) is 16.0. The molecule has 0 spiro atoms. The largest absolute Gasteiger partial charge is 0.481 e. The molecule has 1 heterocycles. The van der Waals surface area contributed by atoms with Crippen LogP contribution in [-0.2, 0) is 11.2 Å². The van der Waals surface area contributed by atoms with Crippen molar-refractivity contribution >= 4 is 5.97 Å². The van der Waals surface area contributed by atoms with Crippen LogP contribution in [0.4, 0.5) is 8.78 Å². The molecule has 94 valence electrons. The fourth-order valence-corrected chi connectivity index (χ4v) is 1.55. The second kappa shape index (κ2) is 4.52. The Morgan fingerprint density at radius 3 is 2.78 bits per heavy atom. The van der Waals surface area contributed by atoms with Crippen LogP contribution < -0.4 is 0 Å². The van der Waals surface area contributed by atoms with E-state index in [1.165, 1.54) is 6.07 Å². The minimum absolute atomic E-state index is 0.0260. The number of rotatable bonds is 3. The molecule has 0 aliphatic rings. The third kappa shape index (κ3) is 2.20. The molecule has 0 fully saturated rings. The molecule has 0 aliphatic heterocycles. The Morgan fingerprint density at radius 2 is 2.17 bits per heavy atom. The van der Waals surface area contributed by atoms with Gasteiger partial charge in [-0.05, 0) is 19.1 Å². The number of carboxylic acids is 1. The van der Waals surface area contributed by atoms with Gasteiger partial charge in [0.25, 0.3) is 0 Å². The Labute approximate surface area is 101 Å². The maximum Gasteiger partial charge on any atom is 0.309 e. The lowest BCUT2D eigenvalue weighted by atomic mass is 10.2. The molecule has 1 aromatic carbocycles. The first-order valence-electron chi connectivity index (χ1n) is 5.07. The summed E-state index contributed by atoms with van der Waals surface area (Å²) in [5.41, 5.74) is 0.673. The highest BCUT2D eigenvalue weighted by Gasteiger charge is 2.15. The molecule has 18 heavy (non-hydrogen) atoms. The smallest absolute Gasteiger partial charge is 0.309 e. The molecule has 1 N–H and O–H groups in total. The maximum absolute atomic E-state index is 13.5. The van der Waals surface area contributed by atoms with Crippen molar-refractivity contribution in [2.45, 2.75) is 13.3 Å². The van der Waals surface area contributed by atoms with E-state index in [9.17, 15) is 13.6 Å². The Morgan fingerprint density at radius 1 is 1.44 bits per heavy atom. The second-order valence-electron chi connectivity index (χ2n) is 3.70. The molecule has 1 aromatic heterocycles. The summed E-state index contributed by atoms with van der Waals surface area (Å²) in [5.74, 6) is -2.53. The average Bonchev–Trinajstić information content (AvgIpc) is 2.60. The highest BCUT2D eigenvalue weighted by molar-refractivity contribution is 5.69. The first kappa shape index (κ1) is 12.2. The zero-order chi connectivity index (χ0) is 13.3. The summed E-state index contributed by atoms with van der Waals surface area (Å²) in [6.45, 7) is 1.57. The van der Waals surface area contributed by atoms with E-state index in [1.54, 1.807) is 6.92 Å². The normalized spacial score (nSPS) is 10.6. The number of carbonyl (C=O) groups is 1. The third-order valence-corrected chi connectivity index (χ3v) is 2.45. The van der Waals surface area contributed by atoms with Gasteiger partial charge in [0.05, 0.1) is 17.8 Å². The van der Waals surface area contributed by atoms with Gasteiger partial charge in [0, 0.05) is 6.07 Å². The minimum atomic E-state index is -1.05. The molecule has 7 heteroatoms. The SMILES string of the molecule is Cc1c(CC(=O)O)nnn1-c1ccc(F)cc1F. The van der Waals surface area contributed by atoms with Gasteiger partial charge in [0.2, 0.25) is 0 Å². The lowest BCUT2D eigenvalue weighted by Crippen LogP contribution is -2.05. The standard InChI is InChI=1S/C11H9F2N3O2/c1-6-9(5-11(17)18)14-15-16(6)10-3-2-7(12)4-8(10)13/h2-4H,5H2,1H3,(H,17,18). The van der Waals surface area contributed by atoms with E-state index < -0.39 is 17.6 Å². The van der Waals surface area contributed by atoms with Crippen molar-refractivity contribution in [1.82, 2.24) is 15.0 Å². The molecule has 0 amide bonds.